The van der Waals surface area contributed by atoms with Crippen LogP contribution >= 0.6 is 0 Å². The van der Waals surface area contributed by atoms with Gasteiger partial charge in [-0.3, -0.25) is 0 Å². The van der Waals surface area contributed by atoms with Crippen LogP contribution in [0, 0.1) is 0 Å². The molecule has 0 saturated carbocycles. The second-order valence-electron chi connectivity index (χ2n) is 1.31. The van der Waals surface area contributed by atoms with Gasteiger partial charge in [-0.25, -0.2) is 0 Å². The highest BCUT2D eigenvalue weighted by molar-refractivity contribution is 6.27. The Morgan fingerprint density at radius 2 is 2.00 bits per heavy atom. The Morgan fingerprint density at radius 1 is 1.80 bits per heavy atom. The minimum Gasteiger partial charge on any atom is -0.125 e. The largest absolute Gasteiger partial charge is 0.132 e. The zero-order valence-electron chi connectivity index (χ0n) is 3.91. The molecule has 0 unspecified atom stereocenters. The van der Waals surface area contributed by atoms with Crippen molar-refractivity contribution in [3.05, 3.63) is 12.1 Å². The molecule has 0 nitrogen and oxygen atoms in total. The molecule has 0 fully saturated rings. The zero-order valence-corrected chi connectivity index (χ0v) is 3.91. The molecule has 5 heavy (non-hydrogen) atoms. The molecule has 2 heteroatoms. The van der Waals surface area contributed by atoms with Crippen molar-refractivity contribution in [2.75, 3.05) is 0 Å². The molecule has 26 valence electrons. The van der Waals surface area contributed by atoms with Crippen molar-refractivity contribution in [3.8, 4) is 0 Å². The Balaban J connectivity index is 2.85. The molecule has 0 aliphatic heterocycles. The Kier molecular flexibility index (Phi) is 2.07. The summed E-state index contributed by atoms with van der Waals surface area (Å²) in [5.41, 5.74) is 1.25. The van der Waals surface area contributed by atoms with Crippen LogP contribution in [0.25, 0.3) is 0 Å². The van der Waals surface area contributed by atoms with Gasteiger partial charge in [0.25, 0.3) is 0 Å². The highest BCUT2D eigenvalue weighted by Crippen LogP contribution is 1.80. The molecule has 0 spiro atoms. The molecule has 0 aliphatic rings. The standard InChI is InChI=1S/C3H8B2/c1-3(5)2-4/h1-2,4-5H2. The van der Waals surface area contributed by atoms with Crippen molar-refractivity contribution < 1.29 is 0 Å². The van der Waals surface area contributed by atoms with Crippen molar-refractivity contribution >= 4 is 15.7 Å². The first-order chi connectivity index (χ1) is 2.27. The van der Waals surface area contributed by atoms with E-state index in [0.717, 1.165) is 6.32 Å². The van der Waals surface area contributed by atoms with E-state index in [1.165, 1.54) is 5.47 Å². The fourth-order valence-corrected chi connectivity index (χ4v) is 0. The van der Waals surface area contributed by atoms with Crippen molar-refractivity contribution in [1.82, 2.24) is 0 Å². The Morgan fingerprint density at radius 3 is 2.00 bits per heavy atom. The molecule has 0 bridgehead atoms. The second kappa shape index (κ2) is 2.13. The lowest BCUT2D eigenvalue weighted by molar-refractivity contribution is 1.68. The van der Waals surface area contributed by atoms with Gasteiger partial charge in [-0.1, -0.05) is 6.32 Å². The first kappa shape index (κ1) is 4.87. The Hall–Kier alpha value is -0.130. The first-order valence-corrected chi connectivity index (χ1v) is 1.91. The Bertz CT molecular complexity index is 40.2. The van der Waals surface area contributed by atoms with Gasteiger partial charge < -0.3 is 0 Å². The van der Waals surface area contributed by atoms with Crippen LogP contribution < -0.4 is 0 Å². The van der Waals surface area contributed by atoms with Crippen LogP contribution in [-0.2, 0) is 0 Å². The van der Waals surface area contributed by atoms with E-state index in [4.69, 9.17) is 0 Å². The van der Waals surface area contributed by atoms with Gasteiger partial charge in [-0.05, 0) is 0 Å². The third-order valence-electron chi connectivity index (χ3n) is 0.604. The fraction of sp³-hybridized carbons (Fsp3) is 0.333. The SMILES string of the molecule is BCC(B)=C. The van der Waals surface area contributed by atoms with Crippen LogP contribution in [0.2, 0.25) is 6.32 Å². The van der Waals surface area contributed by atoms with E-state index >= 15 is 0 Å². The summed E-state index contributed by atoms with van der Waals surface area (Å²) in [4.78, 5) is 0. The summed E-state index contributed by atoms with van der Waals surface area (Å²) < 4.78 is 0. The summed E-state index contributed by atoms with van der Waals surface area (Å²) in [6.45, 7) is 3.67. The molecular weight excluding hydrogens is 57.7 g/mol. The van der Waals surface area contributed by atoms with E-state index in [2.05, 4.69) is 14.4 Å². The average molecular weight is 65.7 g/mol. The first-order valence-electron chi connectivity index (χ1n) is 1.91. The van der Waals surface area contributed by atoms with Gasteiger partial charge in [-0.15, -0.1) is 12.1 Å². The maximum absolute atomic E-state index is 3.67. The quantitative estimate of drug-likeness (QED) is 0.351. The van der Waals surface area contributed by atoms with E-state index in [-0.39, 0.29) is 0 Å². The molecule has 0 aromatic carbocycles. The van der Waals surface area contributed by atoms with Gasteiger partial charge in [0.15, 0.2) is 0 Å². The number of hydrogen-bond acceptors (Lipinski definition) is 0. The third-order valence-corrected chi connectivity index (χ3v) is 0.604. The predicted octanol–water partition coefficient (Wildman–Crippen LogP) is -0.815. The summed E-state index contributed by atoms with van der Waals surface area (Å²) >= 11 is 0. The smallest absolute Gasteiger partial charge is 0.125 e. The van der Waals surface area contributed by atoms with Crippen LogP contribution in [0.1, 0.15) is 0 Å². The van der Waals surface area contributed by atoms with Gasteiger partial charge in [0, 0.05) is 0 Å². The third kappa shape index (κ3) is 3.87. The molecular formula is C3H8B2. The minimum atomic E-state index is 1.11. The van der Waals surface area contributed by atoms with E-state index in [1.54, 1.807) is 0 Å². The van der Waals surface area contributed by atoms with Crippen molar-refractivity contribution in [3.63, 3.8) is 0 Å². The van der Waals surface area contributed by atoms with Crippen molar-refractivity contribution in [1.29, 1.82) is 0 Å². The molecule has 0 aromatic rings. The number of allylic oxidation sites excluding steroid dienone is 1. The minimum absolute atomic E-state index is 1.11. The molecule has 0 saturated heterocycles. The fourth-order valence-electron chi connectivity index (χ4n) is 0. The molecule has 0 amide bonds. The van der Waals surface area contributed by atoms with E-state index in [1.807, 2.05) is 7.85 Å². The summed E-state index contributed by atoms with van der Waals surface area (Å²) in [6.07, 6.45) is 1.11. The summed E-state index contributed by atoms with van der Waals surface area (Å²) in [7, 11) is 4.13. The lowest BCUT2D eigenvalue weighted by Gasteiger charge is -1.79. The molecule has 0 radical (unpaired) electrons. The van der Waals surface area contributed by atoms with Gasteiger partial charge in [0.1, 0.15) is 15.7 Å². The van der Waals surface area contributed by atoms with Gasteiger partial charge in [-0.2, -0.15) is 0 Å². The lowest BCUT2D eigenvalue weighted by atomic mass is 9.85. The number of rotatable bonds is 1. The monoisotopic (exact) mass is 66.1 g/mol. The molecule has 0 N–H and O–H groups in total. The van der Waals surface area contributed by atoms with E-state index in [9.17, 15) is 0 Å². The van der Waals surface area contributed by atoms with E-state index < -0.39 is 0 Å². The molecule has 0 atom stereocenters. The van der Waals surface area contributed by atoms with Crippen LogP contribution in [0.15, 0.2) is 12.1 Å². The second-order valence-corrected chi connectivity index (χ2v) is 1.31. The van der Waals surface area contributed by atoms with Gasteiger partial charge in [0.05, 0.1) is 0 Å². The highest BCUT2D eigenvalue weighted by atomic mass is 13.6. The molecule has 0 aromatic heterocycles. The van der Waals surface area contributed by atoms with Crippen LogP contribution in [0.5, 0.6) is 0 Å². The van der Waals surface area contributed by atoms with Crippen molar-refractivity contribution in [2.45, 2.75) is 6.32 Å². The Labute approximate surface area is 35.1 Å². The van der Waals surface area contributed by atoms with Crippen LogP contribution in [0.3, 0.4) is 0 Å². The van der Waals surface area contributed by atoms with Crippen LogP contribution in [0.4, 0.5) is 0 Å². The maximum Gasteiger partial charge on any atom is 0.132 e. The molecule has 0 aliphatic carbocycles. The van der Waals surface area contributed by atoms with Crippen molar-refractivity contribution in [2.24, 2.45) is 0 Å². The number of hydrogen-bond donors (Lipinski definition) is 0. The lowest BCUT2D eigenvalue weighted by Crippen LogP contribution is -1.71. The maximum atomic E-state index is 3.67. The van der Waals surface area contributed by atoms with E-state index in [0.29, 0.717) is 0 Å². The van der Waals surface area contributed by atoms with Crippen LogP contribution in [-0.4, -0.2) is 15.7 Å². The summed E-state index contributed by atoms with van der Waals surface area (Å²) in [5, 5.41) is 0. The predicted molar refractivity (Wildman–Crippen MR) is 31.0 cm³/mol. The zero-order chi connectivity index (χ0) is 4.28. The summed E-state index contributed by atoms with van der Waals surface area (Å²) in [5.74, 6) is 0. The molecule has 0 heterocycles. The summed E-state index contributed by atoms with van der Waals surface area (Å²) in [6, 6.07) is 0. The normalized spacial score (nSPS) is 7.20. The highest BCUT2D eigenvalue weighted by Gasteiger charge is 1.69. The molecule has 0 rings (SSSR count). The van der Waals surface area contributed by atoms with Gasteiger partial charge in [0.2, 0.25) is 0 Å². The average Bonchev–Trinajstić information content (AvgIpc) is 1.38. The topological polar surface area (TPSA) is 0 Å². The van der Waals surface area contributed by atoms with Gasteiger partial charge >= 0.3 is 0 Å².